The zero-order chi connectivity index (χ0) is 14.5. The van der Waals surface area contributed by atoms with Crippen LogP contribution in [0.5, 0.6) is 0 Å². The quantitative estimate of drug-likeness (QED) is 0.774. The Kier molecular flexibility index (Phi) is 5.35. The summed E-state index contributed by atoms with van der Waals surface area (Å²) in [5.74, 6) is -0.879. The molecule has 0 N–H and O–H groups in total. The van der Waals surface area contributed by atoms with E-state index >= 15 is 0 Å². The summed E-state index contributed by atoms with van der Waals surface area (Å²) in [5, 5.41) is 0. The summed E-state index contributed by atoms with van der Waals surface area (Å²) < 4.78 is 41.8. The van der Waals surface area contributed by atoms with Crippen LogP contribution in [-0.4, -0.2) is 37.2 Å². The van der Waals surface area contributed by atoms with E-state index in [1.807, 2.05) is 6.07 Å². The van der Waals surface area contributed by atoms with Crippen LogP contribution in [0.4, 0.5) is 13.2 Å². The van der Waals surface area contributed by atoms with E-state index in [-0.39, 0.29) is 6.54 Å². The molecule has 0 amide bonds. The van der Waals surface area contributed by atoms with Crippen LogP contribution in [0.1, 0.15) is 12.0 Å². The maximum Gasteiger partial charge on any atom is 0.391 e. The SMILES string of the molecule is COC(=O)[C@@H](CC(F)(F)F)N(C)Cc1ccccc1. The molecule has 0 aliphatic heterocycles. The van der Waals surface area contributed by atoms with Gasteiger partial charge in [0, 0.05) is 6.54 Å². The monoisotopic (exact) mass is 275 g/mol. The second-order valence-corrected chi connectivity index (χ2v) is 4.26. The Morgan fingerprint density at radius 3 is 2.37 bits per heavy atom. The van der Waals surface area contributed by atoms with Crippen molar-refractivity contribution in [2.24, 2.45) is 0 Å². The van der Waals surface area contributed by atoms with E-state index in [1.54, 1.807) is 24.3 Å². The molecule has 0 heterocycles. The minimum absolute atomic E-state index is 0.247. The highest BCUT2D eigenvalue weighted by Crippen LogP contribution is 2.25. The Balaban J connectivity index is 2.77. The van der Waals surface area contributed by atoms with Gasteiger partial charge in [0.1, 0.15) is 6.04 Å². The molecule has 6 heteroatoms. The van der Waals surface area contributed by atoms with Gasteiger partial charge in [0.15, 0.2) is 0 Å². The number of hydrogen-bond acceptors (Lipinski definition) is 3. The minimum Gasteiger partial charge on any atom is -0.468 e. The van der Waals surface area contributed by atoms with Crippen molar-refractivity contribution >= 4 is 5.97 Å². The molecule has 19 heavy (non-hydrogen) atoms. The molecule has 1 rings (SSSR count). The molecule has 0 aliphatic rings. The number of carbonyl (C=O) groups is 1. The molecule has 0 radical (unpaired) electrons. The van der Waals surface area contributed by atoms with E-state index in [0.717, 1.165) is 12.7 Å². The van der Waals surface area contributed by atoms with Crippen LogP contribution in [0, 0.1) is 0 Å². The van der Waals surface area contributed by atoms with Gasteiger partial charge in [0.05, 0.1) is 13.5 Å². The van der Waals surface area contributed by atoms with Crippen LogP contribution in [0.3, 0.4) is 0 Å². The van der Waals surface area contributed by atoms with Crippen molar-refractivity contribution in [1.82, 2.24) is 4.90 Å². The molecule has 1 atom stereocenters. The third-order valence-electron chi connectivity index (χ3n) is 2.70. The summed E-state index contributed by atoms with van der Waals surface area (Å²) >= 11 is 0. The van der Waals surface area contributed by atoms with Crippen molar-refractivity contribution in [2.45, 2.75) is 25.2 Å². The largest absolute Gasteiger partial charge is 0.468 e. The summed E-state index contributed by atoms with van der Waals surface area (Å²) in [6, 6.07) is 7.65. The number of nitrogens with zero attached hydrogens (tertiary/aromatic N) is 1. The van der Waals surface area contributed by atoms with Gasteiger partial charge in [0.25, 0.3) is 0 Å². The number of carbonyl (C=O) groups excluding carboxylic acids is 1. The van der Waals surface area contributed by atoms with Gasteiger partial charge >= 0.3 is 12.1 Å². The molecule has 0 unspecified atom stereocenters. The third kappa shape index (κ3) is 5.30. The van der Waals surface area contributed by atoms with Crippen LogP contribution >= 0.6 is 0 Å². The molecule has 0 bridgehead atoms. The lowest BCUT2D eigenvalue weighted by Crippen LogP contribution is -2.42. The third-order valence-corrected chi connectivity index (χ3v) is 2.70. The summed E-state index contributed by atoms with van der Waals surface area (Å²) in [6.45, 7) is 0.247. The first-order chi connectivity index (χ1) is 8.83. The smallest absolute Gasteiger partial charge is 0.391 e. The number of halogens is 3. The molecular weight excluding hydrogens is 259 g/mol. The second kappa shape index (κ2) is 6.56. The lowest BCUT2D eigenvalue weighted by molar-refractivity contribution is -0.168. The van der Waals surface area contributed by atoms with Crippen LogP contribution in [0.25, 0.3) is 0 Å². The number of benzene rings is 1. The number of esters is 1. The predicted molar refractivity (Wildman–Crippen MR) is 64.4 cm³/mol. The first-order valence-corrected chi connectivity index (χ1v) is 5.72. The summed E-state index contributed by atoms with van der Waals surface area (Å²) in [6.07, 6.45) is -5.63. The summed E-state index contributed by atoms with van der Waals surface area (Å²) in [5.41, 5.74) is 0.834. The van der Waals surface area contributed by atoms with Crippen LogP contribution in [0.15, 0.2) is 30.3 Å². The lowest BCUT2D eigenvalue weighted by Gasteiger charge is -2.26. The minimum atomic E-state index is -4.41. The average molecular weight is 275 g/mol. The highest BCUT2D eigenvalue weighted by atomic mass is 19.4. The van der Waals surface area contributed by atoms with Gasteiger partial charge in [-0.3, -0.25) is 9.69 Å². The number of alkyl halides is 3. The second-order valence-electron chi connectivity index (χ2n) is 4.26. The van der Waals surface area contributed by atoms with Crippen molar-refractivity contribution in [3.8, 4) is 0 Å². The normalized spacial score (nSPS) is 13.4. The van der Waals surface area contributed by atoms with Crippen molar-refractivity contribution < 1.29 is 22.7 Å². The maximum absolute atomic E-state index is 12.5. The van der Waals surface area contributed by atoms with Crippen LogP contribution in [-0.2, 0) is 16.1 Å². The molecule has 1 aromatic carbocycles. The summed E-state index contributed by atoms with van der Waals surface area (Å²) in [7, 11) is 2.56. The fourth-order valence-electron chi connectivity index (χ4n) is 1.76. The number of methoxy groups -OCH3 is 1. The van der Waals surface area contributed by atoms with Gasteiger partial charge in [-0.2, -0.15) is 13.2 Å². The van der Waals surface area contributed by atoms with Crippen molar-refractivity contribution in [1.29, 1.82) is 0 Å². The highest BCUT2D eigenvalue weighted by molar-refractivity contribution is 5.75. The van der Waals surface area contributed by atoms with Gasteiger partial charge in [-0.05, 0) is 12.6 Å². The fraction of sp³-hybridized carbons (Fsp3) is 0.462. The van der Waals surface area contributed by atoms with Gasteiger partial charge in [-0.25, -0.2) is 0 Å². The molecule has 1 aromatic rings. The number of rotatable bonds is 5. The first-order valence-electron chi connectivity index (χ1n) is 5.72. The molecular formula is C13H16F3NO2. The number of likely N-dealkylation sites (N-methyl/N-ethyl adjacent to an activating group) is 1. The average Bonchev–Trinajstić information content (AvgIpc) is 2.35. The zero-order valence-electron chi connectivity index (χ0n) is 10.8. The highest BCUT2D eigenvalue weighted by Gasteiger charge is 2.38. The van der Waals surface area contributed by atoms with E-state index in [1.165, 1.54) is 11.9 Å². The number of ether oxygens (including phenoxy) is 1. The molecule has 3 nitrogen and oxygen atoms in total. The fourth-order valence-corrected chi connectivity index (χ4v) is 1.76. The first kappa shape index (κ1) is 15.5. The Hall–Kier alpha value is -1.56. The maximum atomic E-state index is 12.5. The van der Waals surface area contributed by atoms with E-state index in [0.29, 0.717) is 0 Å². The van der Waals surface area contributed by atoms with Gasteiger partial charge in [-0.1, -0.05) is 30.3 Å². The number of hydrogen-bond donors (Lipinski definition) is 0. The lowest BCUT2D eigenvalue weighted by atomic mass is 10.1. The standard InChI is InChI=1S/C13H16F3NO2/c1-17(9-10-6-4-3-5-7-10)11(12(18)19-2)8-13(14,15)16/h3-7,11H,8-9H2,1-2H3/t11-/m1/s1. The topological polar surface area (TPSA) is 29.5 Å². The Bertz CT molecular complexity index is 406. The Labute approximate surface area is 110 Å². The van der Waals surface area contributed by atoms with Gasteiger partial charge in [0.2, 0.25) is 0 Å². The Morgan fingerprint density at radius 1 is 1.32 bits per heavy atom. The Morgan fingerprint density at radius 2 is 1.89 bits per heavy atom. The van der Waals surface area contributed by atoms with E-state index in [9.17, 15) is 18.0 Å². The predicted octanol–water partition coefficient (Wildman–Crippen LogP) is 2.61. The van der Waals surface area contributed by atoms with E-state index in [2.05, 4.69) is 4.74 Å². The van der Waals surface area contributed by atoms with Gasteiger partial charge < -0.3 is 4.74 Å². The van der Waals surface area contributed by atoms with Crippen LogP contribution in [0.2, 0.25) is 0 Å². The summed E-state index contributed by atoms with van der Waals surface area (Å²) in [4.78, 5) is 12.8. The molecule has 0 fully saturated rings. The molecule has 0 aromatic heterocycles. The van der Waals surface area contributed by atoms with Crippen molar-refractivity contribution in [2.75, 3.05) is 14.2 Å². The van der Waals surface area contributed by atoms with Crippen molar-refractivity contribution in [3.63, 3.8) is 0 Å². The van der Waals surface area contributed by atoms with Gasteiger partial charge in [-0.15, -0.1) is 0 Å². The molecule has 106 valence electrons. The molecule has 0 spiro atoms. The van der Waals surface area contributed by atoms with E-state index in [4.69, 9.17) is 0 Å². The van der Waals surface area contributed by atoms with Crippen LogP contribution < -0.4 is 0 Å². The van der Waals surface area contributed by atoms with Crippen molar-refractivity contribution in [3.05, 3.63) is 35.9 Å². The zero-order valence-corrected chi connectivity index (χ0v) is 10.8. The molecule has 0 saturated heterocycles. The molecule has 0 saturated carbocycles. The van der Waals surface area contributed by atoms with E-state index < -0.39 is 24.6 Å². The molecule has 0 aliphatic carbocycles.